The smallest absolute Gasteiger partial charge is 0.272 e. The van der Waals surface area contributed by atoms with Crippen LogP contribution in [-0.4, -0.2) is 26.7 Å². The molecule has 7 heteroatoms. The van der Waals surface area contributed by atoms with Crippen molar-refractivity contribution in [2.75, 3.05) is 0 Å². The third-order valence-electron chi connectivity index (χ3n) is 7.87. The molecule has 1 amide bonds. The van der Waals surface area contributed by atoms with Gasteiger partial charge < -0.3 is 14.6 Å². The molecule has 184 valence electrons. The van der Waals surface area contributed by atoms with E-state index in [2.05, 4.69) is 26.1 Å². The van der Waals surface area contributed by atoms with Crippen LogP contribution in [0.3, 0.4) is 0 Å². The Balaban J connectivity index is 1.23. The summed E-state index contributed by atoms with van der Waals surface area (Å²) in [6.07, 6.45) is 2.58. The second kappa shape index (κ2) is 8.62. The van der Waals surface area contributed by atoms with Crippen molar-refractivity contribution in [1.82, 2.24) is 20.1 Å². The van der Waals surface area contributed by atoms with E-state index in [0.717, 1.165) is 52.6 Å². The first kappa shape index (κ1) is 21.9. The molecule has 1 saturated carbocycles. The molecule has 1 fully saturated rings. The lowest BCUT2D eigenvalue weighted by Crippen LogP contribution is -2.49. The van der Waals surface area contributed by atoms with E-state index in [0.29, 0.717) is 17.7 Å². The maximum absolute atomic E-state index is 13.1. The summed E-state index contributed by atoms with van der Waals surface area (Å²) in [6.45, 7) is 0.493. The molecule has 7 rings (SSSR count). The van der Waals surface area contributed by atoms with Crippen LogP contribution in [0.5, 0.6) is 5.75 Å². The van der Waals surface area contributed by atoms with Gasteiger partial charge in [-0.25, -0.2) is 5.10 Å². The minimum absolute atomic E-state index is 0.0322. The first-order valence-electron chi connectivity index (χ1n) is 12.8. The third-order valence-corrected chi connectivity index (χ3v) is 7.87. The Hall–Kier alpha value is -4.39. The Morgan fingerprint density at radius 1 is 0.919 bits per heavy atom. The zero-order valence-electron chi connectivity index (χ0n) is 20.2. The molecule has 3 aromatic carbocycles. The van der Waals surface area contributed by atoms with E-state index in [1.807, 2.05) is 72.8 Å². The Morgan fingerprint density at radius 2 is 1.73 bits per heavy atom. The van der Waals surface area contributed by atoms with Gasteiger partial charge in [0.1, 0.15) is 18.1 Å². The maximum atomic E-state index is 13.1. The number of nitrogens with zero attached hydrogens (tertiary/aromatic N) is 2. The van der Waals surface area contributed by atoms with Crippen molar-refractivity contribution in [3.63, 3.8) is 0 Å². The van der Waals surface area contributed by atoms with Gasteiger partial charge in [0.05, 0.1) is 17.1 Å². The predicted octanol–water partition coefficient (Wildman–Crippen LogP) is 5.08. The van der Waals surface area contributed by atoms with Gasteiger partial charge in [-0.3, -0.25) is 9.59 Å². The molecule has 2 aromatic heterocycles. The summed E-state index contributed by atoms with van der Waals surface area (Å²) < 4.78 is 8.25. The van der Waals surface area contributed by atoms with Crippen molar-refractivity contribution >= 4 is 27.6 Å². The Bertz CT molecular complexity index is 1710. The van der Waals surface area contributed by atoms with E-state index in [1.165, 1.54) is 0 Å². The van der Waals surface area contributed by atoms with Gasteiger partial charge in [-0.2, -0.15) is 5.10 Å². The van der Waals surface area contributed by atoms with E-state index in [-0.39, 0.29) is 29.5 Å². The molecule has 0 spiro atoms. The third kappa shape index (κ3) is 3.69. The summed E-state index contributed by atoms with van der Waals surface area (Å²) in [7, 11) is 0. The number of fused-ring (bicyclic) bond motifs is 6. The molecule has 0 unspecified atom stereocenters. The largest absolute Gasteiger partial charge is 0.489 e. The molecule has 2 N–H and O–H groups in total. The zero-order valence-corrected chi connectivity index (χ0v) is 20.2. The quantitative estimate of drug-likeness (QED) is 0.368. The Labute approximate surface area is 213 Å². The number of aromatic amines is 1. The summed E-state index contributed by atoms with van der Waals surface area (Å²) in [5, 5.41) is 13.0. The standard InChI is InChI=1S/C30H26N4O3/c35-29-23-9-5-4-8-22(23)28(32-33-29)19-10-12-24-26(15-19)34-25-13-11-21(37-17-18-6-2-1-3-7-18)14-20(25)16-27(34)30(36)31-24/h1-9,11,13-14,16,19,24,26H,10,12,15,17H2,(H,31,36)(H,33,35)/t19-,24-,26-/m0/s1. The molecule has 0 bridgehead atoms. The molecular weight excluding hydrogens is 464 g/mol. The van der Waals surface area contributed by atoms with Gasteiger partial charge in [-0.15, -0.1) is 0 Å². The van der Waals surface area contributed by atoms with Gasteiger partial charge in [0.25, 0.3) is 11.5 Å². The normalized spacial score (nSPS) is 20.9. The number of carbonyl (C=O) groups excluding carboxylic acids is 1. The molecule has 3 heterocycles. The van der Waals surface area contributed by atoms with Crippen molar-refractivity contribution in [3.8, 4) is 5.75 Å². The lowest BCUT2D eigenvalue weighted by Gasteiger charge is -2.41. The van der Waals surface area contributed by atoms with Crippen LogP contribution in [0.4, 0.5) is 0 Å². The number of rotatable bonds is 4. The molecule has 37 heavy (non-hydrogen) atoms. The van der Waals surface area contributed by atoms with Crippen LogP contribution in [0, 0.1) is 0 Å². The second-order valence-corrected chi connectivity index (χ2v) is 10.0. The first-order valence-corrected chi connectivity index (χ1v) is 12.8. The summed E-state index contributed by atoms with van der Waals surface area (Å²) in [6, 6.07) is 25.9. The number of ether oxygens (including phenoxy) is 1. The minimum atomic E-state index is -0.165. The fourth-order valence-electron chi connectivity index (χ4n) is 6.12. The molecule has 5 aromatic rings. The topological polar surface area (TPSA) is 89.0 Å². The number of benzene rings is 3. The number of H-pyrrole nitrogens is 1. The van der Waals surface area contributed by atoms with E-state index >= 15 is 0 Å². The fraction of sp³-hybridized carbons (Fsp3) is 0.233. The Kier molecular flexibility index (Phi) is 5.09. The number of amides is 1. The van der Waals surface area contributed by atoms with E-state index < -0.39 is 0 Å². The van der Waals surface area contributed by atoms with Crippen LogP contribution in [-0.2, 0) is 6.61 Å². The van der Waals surface area contributed by atoms with Crippen LogP contribution in [0.1, 0.15) is 53.0 Å². The average Bonchev–Trinajstić information content (AvgIpc) is 3.33. The number of hydrogen-bond acceptors (Lipinski definition) is 4. The molecule has 2 aliphatic rings. The van der Waals surface area contributed by atoms with Gasteiger partial charge in [0.2, 0.25) is 0 Å². The Morgan fingerprint density at radius 3 is 2.59 bits per heavy atom. The molecular formula is C30H26N4O3. The number of carbonyl (C=O) groups is 1. The fourth-order valence-corrected chi connectivity index (χ4v) is 6.12. The number of aromatic nitrogens is 3. The maximum Gasteiger partial charge on any atom is 0.272 e. The lowest BCUT2D eigenvalue weighted by atomic mass is 9.78. The minimum Gasteiger partial charge on any atom is -0.489 e. The van der Waals surface area contributed by atoms with Crippen molar-refractivity contribution in [1.29, 1.82) is 0 Å². The second-order valence-electron chi connectivity index (χ2n) is 10.0. The molecule has 7 nitrogen and oxygen atoms in total. The number of nitrogens with one attached hydrogen (secondary N) is 2. The van der Waals surface area contributed by atoms with E-state index in [4.69, 9.17) is 4.74 Å². The van der Waals surface area contributed by atoms with Crippen LogP contribution >= 0.6 is 0 Å². The summed E-state index contributed by atoms with van der Waals surface area (Å²) >= 11 is 0. The molecule has 0 radical (unpaired) electrons. The SMILES string of the molecule is O=C1N[C@H]2CC[C@H](c3n[nH]c(=O)c4ccccc34)C[C@@H]2n2c1cc1cc(OCc3ccccc3)ccc12. The number of hydrogen-bond donors (Lipinski definition) is 2. The van der Waals surface area contributed by atoms with Crippen molar-refractivity contribution in [2.45, 2.75) is 43.9 Å². The lowest BCUT2D eigenvalue weighted by molar-refractivity contribution is 0.0847. The van der Waals surface area contributed by atoms with Gasteiger partial charge >= 0.3 is 0 Å². The predicted molar refractivity (Wildman–Crippen MR) is 142 cm³/mol. The molecule has 1 aliphatic carbocycles. The molecule has 0 saturated heterocycles. The van der Waals surface area contributed by atoms with Crippen molar-refractivity contribution < 1.29 is 9.53 Å². The van der Waals surface area contributed by atoms with Crippen molar-refractivity contribution in [2.24, 2.45) is 0 Å². The average molecular weight is 491 g/mol. The van der Waals surface area contributed by atoms with Crippen LogP contribution < -0.4 is 15.6 Å². The highest BCUT2D eigenvalue weighted by Gasteiger charge is 2.40. The van der Waals surface area contributed by atoms with E-state index in [1.54, 1.807) is 0 Å². The summed E-state index contributed by atoms with van der Waals surface area (Å²) in [4.78, 5) is 25.4. The zero-order chi connectivity index (χ0) is 24.9. The summed E-state index contributed by atoms with van der Waals surface area (Å²) in [5.74, 6) is 0.925. The van der Waals surface area contributed by atoms with E-state index in [9.17, 15) is 9.59 Å². The van der Waals surface area contributed by atoms with Crippen LogP contribution in [0.15, 0.2) is 83.7 Å². The van der Waals surface area contributed by atoms with Crippen molar-refractivity contribution in [3.05, 3.63) is 106 Å². The highest BCUT2D eigenvalue weighted by Crippen LogP contribution is 2.44. The van der Waals surface area contributed by atoms with Gasteiger partial charge in [-0.1, -0.05) is 48.5 Å². The molecule has 1 aliphatic heterocycles. The molecule has 3 atom stereocenters. The highest BCUT2D eigenvalue weighted by atomic mass is 16.5. The van der Waals surface area contributed by atoms with Crippen LogP contribution in [0.25, 0.3) is 21.7 Å². The van der Waals surface area contributed by atoms with Gasteiger partial charge in [0, 0.05) is 28.2 Å². The monoisotopic (exact) mass is 490 g/mol. The van der Waals surface area contributed by atoms with Gasteiger partial charge in [0.15, 0.2) is 0 Å². The van der Waals surface area contributed by atoms with Gasteiger partial charge in [-0.05, 0) is 55.2 Å². The first-order chi connectivity index (χ1) is 18.2. The van der Waals surface area contributed by atoms with Crippen LogP contribution in [0.2, 0.25) is 0 Å². The summed E-state index contributed by atoms with van der Waals surface area (Å²) in [5.41, 5.74) is 3.59. The highest BCUT2D eigenvalue weighted by molar-refractivity contribution is 6.00.